The van der Waals surface area contributed by atoms with Crippen LogP contribution < -0.4 is 10.1 Å². The summed E-state index contributed by atoms with van der Waals surface area (Å²) in [6.07, 6.45) is 0. The van der Waals surface area contributed by atoms with Crippen LogP contribution in [0.3, 0.4) is 0 Å². The van der Waals surface area contributed by atoms with Crippen LogP contribution in [0.5, 0.6) is 5.75 Å². The van der Waals surface area contributed by atoms with Gasteiger partial charge in [-0.25, -0.2) is 0 Å². The van der Waals surface area contributed by atoms with E-state index in [2.05, 4.69) is 5.32 Å². The lowest BCUT2D eigenvalue weighted by Crippen LogP contribution is -2.24. The molecule has 0 saturated heterocycles. The highest BCUT2D eigenvalue weighted by molar-refractivity contribution is 6.42. The number of nitrogens with one attached hydrogen (secondary N) is 1. The minimum absolute atomic E-state index is 0.0225. The Morgan fingerprint density at radius 3 is 2.67 bits per heavy atom. The summed E-state index contributed by atoms with van der Waals surface area (Å²) in [5, 5.41) is 13.9. The average Bonchev–Trinajstić information content (AvgIpc) is 2.52. The first-order chi connectivity index (χ1) is 10.2. The van der Waals surface area contributed by atoms with Gasteiger partial charge in [0, 0.05) is 6.54 Å². The Balaban J connectivity index is 2.10. The van der Waals surface area contributed by atoms with Crippen LogP contribution in [0, 0.1) is 0 Å². The van der Waals surface area contributed by atoms with Gasteiger partial charge in [-0.2, -0.15) is 0 Å². The molecule has 0 bridgehead atoms. The van der Waals surface area contributed by atoms with Gasteiger partial charge in [0.05, 0.1) is 29.8 Å². The second-order valence-corrected chi connectivity index (χ2v) is 5.39. The molecule has 21 heavy (non-hydrogen) atoms. The van der Waals surface area contributed by atoms with Gasteiger partial charge in [0.2, 0.25) is 0 Å². The number of aliphatic hydroxyl groups is 1. The number of hydrogen-bond donors (Lipinski definition) is 2. The lowest BCUT2D eigenvalue weighted by atomic mass is 10.1. The minimum atomic E-state index is -0.199. The van der Waals surface area contributed by atoms with Gasteiger partial charge in [0.1, 0.15) is 5.75 Å². The van der Waals surface area contributed by atoms with Crippen LogP contribution in [-0.2, 0) is 6.54 Å². The monoisotopic (exact) mass is 325 g/mol. The molecule has 2 N–H and O–H groups in total. The molecule has 0 amide bonds. The first-order valence-electron chi connectivity index (χ1n) is 6.56. The van der Waals surface area contributed by atoms with Crippen molar-refractivity contribution in [2.45, 2.75) is 12.6 Å². The average molecular weight is 326 g/mol. The molecule has 0 radical (unpaired) electrons. The summed E-state index contributed by atoms with van der Waals surface area (Å²) in [7, 11) is 1.62. The summed E-state index contributed by atoms with van der Waals surface area (Å²) >= 11 is 12.2. The Morgan fingerprint density at radius 2 is 1.95 bits per heavy atom. The van der Waals surface area contributed by atoms with Gasteiger partial charge in [-0.1, -0.05) is 47.5 Å². The van der Waals surface area contributed by atoms with Crippen LogP contribution in [0.25, 0.3) is 0 Å². The zero-order valence-corrected chi connectivity index (χ0v) is 13.2. The predicted octanol–water partition coefficient (Wildman–Crippen LogP) is 3.83. The highest BCUT2D eigenvalue weighted by atomic mass is 35.5. The summed E-state index contributed by atoms with van der Waals surface area (Å²) in [5.41, 5.74) is 1.85. The summed E-state index contributed by atoms with van der Waals surface area (Å²) in [5.74, 6) is 0.758. The van der Waals surface area contributed by atoms with Crippen molar-refractivity contribution in [1.82, 2.24) is 5.32 Å². The number of rotatable bonds is 6. The maximum absolute atomic E-state index is 9.58. The van der Waals surface area contributed by atoms with E-state index < -0.39 is 0 Å². The van der Waals surface area contributed by atoms with Crippen molar-refractivity contribution in [3.05, 3.63) is 63.6 Å². The Bertz CT molecular complexity index is 605. The molecule has 0 aliphatic carbocycles. The van der Waals surface area contributed by atoms with E-state index in [-0.39, 0.29) is 12.6 Å². The number of benzene rings is 2. The standard InChI is InChI=1S/C16H17Cl2NO2/c1-21-13-6-2-4-11(8-13)15(10-20)19-9-12-5-3-7-14(17)16(12)18/h2-8,15,19-20H,9-10H2,1H3. The molecule has 2 aromatic rings. The van der Waals surface area contributed by atoms with Crippen LogP contribution in [0.4, 0.5) is 0 Å². The predicted molar refractivity (Wildman–Crippen MR) is 86.1 cm³/mol. The van der Waals surface area contributed by atoms with Crippen molar-refractivity contribution in [3.8, 4) is 5.75 Å². The van der Waals surface area contributed by atoms with Gasteiger partial charge in [0.15, 0.2) is 0 Å². The molecule has 112 valence electrons. The van der Waals surface area contributed by atoms with E-state index in [1.165, 1.54) is 0 Å². The van der Waals surface area contributed by atoms with Crippen LogP contribution in [-0.4, -0.2) is 18.8 Å². The quantitative estimate of drug-likeness (QED) is 0.848. The van der Waals surface area contributed by atoms with Gasteiger partial charge < -0.3 is 15.2 Å². The van der Waals surface area contributed by atoms with E-state index in [9.17, 15) is 5.11 Å². The Morgan fingerprint density at radius 1 is 1.19 bits per heavy atom. The van der Waals surface area contributed by atoms with Crippen LogP contribution in [0.2, 0.25) is 10.0 Å². The van der Waals surface area contributed by atoms with E-state index in [4.69, 9.17) is 27.9 Å². The molecule has 0 aromatic heterocycles. The number of ether oxygens (including phenoxy) is 1. The maximum Gasteiger partial charge on any atom is 0.119 e. The highest BCUT2D eigenvalue weighted by Gasteiger charge is 2.12. The number of aliphatic hydroxyl groups excluding tert-OH is 1. The Hall–Kier alpha value is -1.26. The lowest BCUT2D eigenvalue weighted by molar-refractivity contribution is 0.243. The topological polar surface area (TPSA) is 41.5 Å². The van der Waals surface area contributed by atoms with E-state index >= 15 is 0 Å². The summed E-state index contributed by atoms with van der Waals surface area (Å²) in [6.45, 7) is 0.493. The number of methoxy groups -OCH3 is 1. The first kappa shape index (κ1) is 16.1. The van der Waals surface area contributed by atoms with Crippen LogP contribution >= 0.6 is 23.2 Å². The fourth-order valence-electron chi connectivity index (χ4n) is 2.06. The molecule has 0 aliphatic rings. The number of halogens is 2. The van der Waals surface area contributed by atoms with Crippen molar-refractivity contribution in [2.24, 2.45) is 0 Å². The maximum atomic E-state index is 9.58. The van der Waals surface area contributed by atoms with E-state index in [1.54, 1.807) is 13.2 Å². The molecule has 0 saturated carbocycles. The zero-order chi connectivity index (χ0) is 15.2. The van der Waals surface area contributed by atoms with Crippen molar-refractivity contribution < 1.29 is 9.84 Å². The minimum Gasteiger partial charge on any atom is -0.497 e. The molecular weight excluding hydrogens is 309 g/mol. The zero-order valence-electron chi connectivity index (χ0n) is 11.6. The molecule has 5 heteroatoms. The van der Waals surface area contributed by atoms with E-state index in [0.29, 0.717) is 16.6 Å². The molecular formula is C16H17Cl2NO2. The molecule has 2 aromatic carbocycles. The third-order valence-electron chi connectivity index (χ3n) is 3.25. The second-order valence-electron chi connectivity index (χ2n) is 4.61. The third-order valence-corrected chi connectivity index (χ3v) is 4.11. The Kier molecular flexibility index (Phi) is 5.88. The molecule has 0 fully saturated rings. The molecule has 2 rings (SSSR count). The van der Waals surface area contributed by atoms with Gasteiger partial charge in [-0.3, -0.25) is 0 Å². The van der Waals surface area contributed by atoms with E-state index in [1.807, 2.05) is 36.4 Å². The van der Waals surface area contributed by atoms with Crippen molar-refractivity contribution in [2.75, 3.05) is 13.7 Å². The second kappa shape index (κ2) is 7.66. The smallest absolute Gasteiger partial charge is 0.119 e. The SMILES string of the molecule is COc1cccc(C(CO)NCc2cccc(Cl)c2Cl)c1. The largest absolute Gasteiger partial charge is 0.497 e. The summed E-state index contributed by atoms with van der Waals surface area (Å²) in [6, 6.07) is 12.9. The van der Waals surface area contributed by atoms with Gasteiger partial charge in [-0.15, -0.1) is 0 Å². The summed E-state index contributed by atoms with van der Waals surface area (Å²) < 4.78 is 5.20. The molecule has 1 unspecified atom stereocenters. The van der Waals surface area contributed by atoms with Gasteiger partial charge in [-0.05, 0) is 29.3 Å². The van der Waals surface area contributed by atoms with Crippen molar-refractivity contribution >= 4 is 23.2 Å². The Labute approximate surface area is 134 Å². The van der Waals surface area contributed by atoms with E-state index in [0.717, 1.165) is 16.9 Å². The summed E-state index contributed by atoms with van der Waals surface area (Å²) in [4.78, 5) is 0. The highest BCUT2D eigenvalue weighted by Crippen LogP contribution is 2.26. The fraction of sp³-hybridized carbons (Fsp3) is 0.250. The first-order valence-corrected chi connectivity index (χ1v) is 7.32. The van der Waals surface area contributed by atoms with Gasteiger partial charge >= 0.3 is 0 Å². The van der Waals surface area contributed by atoms with Crippen LogP contribution in [0.1, 0.15) is 17.2 Å². The van der Waals surface area contributed by atoms with Crippen molar-refractivity contribution in [1.29, 1.82) is 0 Å². The van der Waals surface area contributed by atoms with Crippen molar-refractivity contribution in [3.63, 3.8) is 0 Å². The van der Waals surface area contributed by atoms with Crippen LogP contribution in [0.15, 0.2) is 42.5 Å². The molecule has 0 spiro atoms. The third kappa shape index (κ3) is 4.11. The molecule has 1 atom stereocenters. The lowest BCUT2D eigenvalue weighted by Gasteiger charge is -2.18. The normalized spacial score (nSPS) is 12.2. The van der Waals surface area contributed by atoms with Gasteiger partial charge in [0.25, 0.3) is 0 Å². The molecule has 3 nitrogen and oxygen atoms in total. The fourth-order valence-corrected chi connectivity index (χ4v) is 2.45. The number of hydrogen-bond acceptors (Lipinski definition) is 3. The molecule has 0 aliphatic heterocycles. The molecule has 0 heterocycles.